The molecule has 1 heterocycles. The highest BCUT2D eigenvalue weighted by atomic mass is 32.2. The van der Waals surface area contributed by atoms with Crippen LogP contribution in [0.4, 0.5) is 11.4 Å². The maximum absolute atomic E-state index is 12.9. The molecule has 1 aliphatic carbocycles. The van der Waals surface area contributed by atoms with Crippen molar-refractivity contribution >= 4 is 52.2 Å². The van der Waals surface area contributed by atoms with Gasteiger partial charge in [0.15, 0.2) is 5.17 Å². The van der Waals surface area contributed by atoms with Crippen LogP contribution >= 0.6 is 11.8 Å². The number of nitrogens with zero attached hydrogens (tertiary/aromatic N) is 2. The summed E-state index contributed by atoms with van der Waals surface area (Å²) in [5, 5.41) is 3.02. The highest BCUT2D eigenvalue weighted by molar-refractivity contribution is 8.18. The Hall–Kier alpha value is -4.37. The van der Waals surface area contributed by atoms with Crippen molar-refractivity contribution in [2.45, 2.75) is 51.6 Å². The van der Waals surface area contributed by atoms with Crippen molar-refractivity contribution in [1.29, 1.82) is 0 Å². The Kier molecular flexibility index (Phi) is 9.94. The molecule has 2 amide bonds. The summed E-state index contributed by atoms with van der Waals surface area (Å²) in [7, 11) is 1.68. The SMILES string of the molecule is CCOC(=O)C(=O)Nc1ccc(N=C2S/C(=C\c3ccc(OCc4ccc(C5CCCCC5)cc4)cc3)C(=O)N2C)cc1. The highest BCUT2D eigenvalue weighted by Crippen LogP contribution is 2.34. The first-order valence-corrected chi connectivity index (χ1v) is 15.4. The van der Waals surface area contributed by atoms with Gasteiger partial charge in [-0.1, -0.05) is 55.7 Å². The van der Waals surface area contributed by atoms with Crippen LogP contribution in [0.2, 0.25) is 0 Å². The van der Waals surface area contributed by atoms with Crippen molar-refractivity contribution in [2.75, 3.05) is 19.0 Å². The smallest absolute Gasteiger partial charge is 0.397 e. The number of aliphatic imine (C=N–C) groups is 1. The monoisotopic (exact) mass is 597 g/mol. The summed E-state index contributed by atoms with van der Waals surface area (Å²) in [4.78, 5) is 42.9. The summed E-state index contributed by atoms with van der Waals surface area (Å²) in [5.41, 5.74) is 4.50. The molecule has 0 atom stereocenters. The number of ether oxygens (including phenoxy) is 2. The van der Waals surface area contributed by atoms with Crippen molar-refractivity contribution in [3.8, 4) is 5.75 Å². The van der Waals surface area contributed by atoms with E-state index in [0.29, 0.717) is 34.0 Å². The van der Waals surface area contributed by atoms with Crippen LogP contribution in [0.5, 0.6) is 5.75 Å². The number of hydrogen-bond acceptors (Lipinski definition) is 7. The number of carbonyl (C=O) groups is 3. The van der Waals surface area contributed by atoms with Crippen LogP contribution in [-0.4, -0.2) is 41.5 Å². The van der Waals surface area contributed by atoms with Gasteiger partial charge in [-0.05, 0) is 96.6 Å². The van der Waals surface area contributed by atoms with E-state index in [-0.39, 0.29) is 12.5 Å². The molecule has 0 aromatic heterocycles. The third-order valence-corrected chi connectivity index (χ3v) is 8.51. The van der Waals surface area contributed by atoms with E-state index in [2.05, 4.69) is 34.6 Å². The average molecular weight is 598 g/mol. The van der Waals surface area contributed by atoms with Crippen molar-refractivity contribution in [3.63, 3.8) is 0 Å². The second-order valence-corrected chi connectivity index (χ2v) is 11.5. The largest absolute Gasteiger partial charge is 0.489 e. The number of hydrogen-bond donors (Lipinski definition) is 1. The standard InChI is InChI=1S/C34H35N3O5S/c1-3-41-33(40)31(38)35-27-15-17-28(18-16-27)36-34-37(2)32(39)30(43-34)21-23-11-19-29(20-12-23)42-22-24-9-13-26(14-10-24)25-7-5-4-6-8-25/h9-21,25H,3-8,22H2,1-2H3,(H,35,38)/b30-21-,36-34?. The molecule has 0 radical (unpaired) electrons. The lowest BCUT2D eigenvalue weighted by molar-refractivity contribution is -0.152. The summed E-state index contributed by atoms with van der Waals surface area (Å²) in [6, 6.07) is 23.2. The number of rotatable bonds is 8. The van der Waals surface area contributed by atoms with Gasteiger partial charge in [-0.3, -0.25) is 14.5 Å². The molecule has 1 saturated carbocycles. The van der Waals surface area contributed by atoms with Gasteiger partial charge in [0.2, 0.25) is 0 Å². The Morgan fingerprint density at radius 1 is 0.977 bits per heavy atom. The molecule has 43 heavy (non-hydrogen) atoms. The normalized spacial score (nSPS) is 17.3. The van der Waals surface area contributed by atoms with Crippen molar-refractivity contribution in [3.05, 3.63) is 94.4 Å². The van der Waals surface area contributed by atoms with Crippen molar-refractivity contribution in [2.24, 2.45) is 4.99 Å². The molecule has 0 unspecified atom stereocenters. The molecule has 2 fully saturated rings. The average Bonchev–Trinajstić information content (AvgIpc) is 3.29. The zero-order chi connectivity index (χ0) is 30.2. The van der Waals surface area contributed by atoms with E-state index >= 15 is 0 Å². The van der Waals surface area contributed by atoms with E-state index in [9.17, 15) is 14.4 Å². The van der Waals surface area contributed by atoms with Crippen LogP contribution in [0.25, 0.3) is 6.08 Å². The van der Waals surface area contributed by atoms with Crippen LogP contribution < -0.4 is 10.1 Å². The number of thioether (sulfide) groups is 1. The maximum atomic E-state index is 12.9. The molecule has 0 bridgehead atoms. The van der Waals surface area contributed by atoms with Crippen molar-refractivity contribution in [1.82, 2.24) is 4.90 Å². The van der Waals surface area contributed by atoms with Gasteiger partial charge in [0, 0.05) is 12.7 Å². The molecule has 1 aliphatic heterocycles. The molecule has 222 valence electrons. The predicted molar refractivity (Wildman–Crippen MR) is 170 cm³/mol. The molecule has 3 aromatic carbocycles. The second kappa shape index (κ2) is 14.2. The molecule has 1 saturated heterocycles. The highest BCUT2D eigenvalue weighted by Gasteiger charge is 2.30. The van der Waals surface area contributed by atoms with Crippen LogP contribution in [0.15, 0.2) is 82.7 Å². The maximum Gasteiger partial charge on any atom is 0.397 e. The first kappa shape index (κ1) is 30.1. The van der Waals surface area contributed by atoms with Gasteiger partial charge in [0.1, 0.15) is 12.4 Å². The van der Waals surface area contributed by atoms with Gasteiger partial charge in [-0.2, -0.15) is 0 Å². The summed E-state index contributed by atoms with van der Waals surface area (Å²) in [5.74, 6) is -0.453. The van der Waals surface area contributed by atoms with E-state index in [1.165, 1.54) is 54.3 Å². The Morgan fingerprint density at radius 2 is 1.67 bits per heavy atom. The molecule has 1 N–H and O–H groups in total. The number of likely N-dealkylation sites (N-methyl/N-ethyl adjacent to an activating group) is 1. The fraction of sp³-hybridized carbons (Fsp3) is 0.294. The zero-order valence-electron chi connectivity index (χ0n) is 24.4. The molecular weight excluding hydrogens is 562 g/mol. The number of benzene rings is 3. The van der Waals surface area contributed by atoms with Gasteiger partial charge in [0.25, 0.3) is 5.91 Å². The number of carbonyl (C=O) groups excluding carboxylic acids is 3. The molecule has 3 aromatic rings. The van der Waals surface area contributed by atoms with E-state index in [0.717, 1.165) is 16.9 Å². The third-order valence-electron chi connectivity index (χ3n) is 7.45. The van der Waals surface area contributed by atoms with Gasteiger partial charge in [-0.15, -0.1) is 0 Å². The number of nitrogens with one attached hydrogen (secondary N) is 1. The third kappa shape index (κ3) is 7.93. The van der Waals surface area contributed by atoms with Crippen LogP contribution in [0.1, 0.15) is 61.6 Å². The van der Waals surface area contributed by atoms with Gasteiger partial charge in [0.05, 0.1) is 17.2 Å². The lowest BCUT2D eigenvalue weighted by Crippen LogP contribution is -2.24. The number of esters is 1. The lowest BCUT2D eigenvalue weighted by Gasteiger charge is -2.22. The van der Waals surface area contributed by atoms with Gasteiger partial charge in [-0.25, -0.2) is 9.79 Å². The van der Waals surface area contributed by atoms with Gasteiger partial charge < -0.3 is 14.8 Å². The number of amidine groups is 1. The second-order valence-electron chi connectivity index (χ2n) is 10.5. The lowest BCUT2D eigenvalue weighted by atomic mass is 9.84. The Balaban J connectivity index is 1.16. The van der Waals surface area contributed by atoms with E-state index in [1.807, 2.05) is 30.3 Å². The Labute approximate surface area is 256 Å². The summed E-state index contributed by atoms with van der Waals surface area (Å²) >= 11 is 1.29. The molecule has 0 spiro atoms. The zero-order valence-corrected chi connectivity index (χ0v) is 25.2. The number of amides is 2. The molecule has 5 rings (SSSR count). The van der Waals surface area contributed by atoms with E-state index < -0.39 is 11.9 Å². The minimum Gasteiger partial charge on any atom is -0.489 e. The summed E-state index contributed by atoms with van der Waals surface area (Å²) in [6.45, 7) is 2.26. The Bertz CT molecular complexity index is 1510. The van der Waals surface area contributed by atoms with Crippen LogP contribution in [0, 0.1) is 0 Å². The quantitative estimate of drug-likeness (QED) is 0.170. The number of anilines is 1. The van der Waals surface area contributed by atoms with E-state index in [4.69, 9.17) is 9.47 Å². The Morgan fingerprint density at radius 3 is 2.35 bits per heavy atom. The minimum absolute atomic E-state index is 0.123. The predicted octanol–water partition coefficient (Wildman–Crippen LogP) is 7.05. The van der Waals surface area contributed by atoms with E-state index in [1.54, 1.807) is 38.2 Å². The molecule has 2 aliphatic rings. The summed E-state index contributed by atoms with van der Waals surface area (Å²) < 4.78 is 10.7. The molecule has 8 nitrogen and oxygen atoms in total. The first-order valence-electron chi connectivity index (χ1n) is 14.6. The molecule has 9 heteroatoms. The first-order chi connectivity index (χ1) is 20.9. The fourth-order valence-corrected chi connectivity index (χ4v) is 6.05. The van der Waals surface area contributed by atoms with Gasteiger partial charge >= 0.3 is 11.9 Å². The van der Waals surface area contributed by atoms with Crippen molar-refractivity contribution < 1.29 is 23.9 Å². The van der Waals surface area contributed by atoms with Crippen LogP contribution in [-0.2, 0) is 25.7 Å². The summed E-state index contributed by atoms with van der Waals surface area (Å²) in [6.07, 6.45) is 8.46. The van der Waals surface area contributed by atoms with Crippen LogP contribution in [0.3, 0.4) is 0 Å². The fourth-order valence-electron chi connectivity index (χ4n) is 5.06. The molecular formula is C34H35N3O5S. The topological polar surface area (TPSA) is 97.3 Å². The minimum atomic E-state index is -0.939.